The number of rotatable bonds is 4. The van der Waals surface area contributed by atoms with Gasteiger partial charge in [-0.3, -0.25) is 0 Å². The van der Waals surface area contributed by atoms with E-state index < -0.39 is 5.97 Å². The van der Waals surface area contributed by atoms with Crippen LogP contribution < -0.4 is 4.74 Å². The van der Waals surface area contributed by atoms with Gasteiger partial charge in [-0.25, -0.2) is 4.79 Å². The van der Waals surface area contributed by atoms with Crippen molar-refractivity contribution in [2.24, 2.45) is 0 Å². The van der Waals surface area contributed by atoms with Gasteiger partial charge in [0, 0.05) is 10.6 Å². The summed E-state index contributed by atoms with van der Waals surface area (Å²) in [5.41, 5.74) is 1.49. The Bertz CT molecular complexity index is 654. The lowest BCUT2D eigenvalue weighted by Gasteiger charge is -2.09. The Labute approximate surface area is 126 Å². The van der Waals surface area contributed by atoms with E-state index in [0.717, 1.165) is 0 Å². The van der Waals surface area contributed by atoms with E-state index in [9.17, 15) is 4.79 Å². The molecule has 0 fully saturated rings. The highest BCUT2D eigenvalue weighted by molar-refractivity contribution is 6.34. The highest BCUT2D eigenvalue weighted by Crippen LogP contribution is 2.33. The van der Waals surface area contributed by atoms with Crippen molar-refractivity contribution in [3.05, 3.63) is 52.0 Å². The van der Waals surface area contributed by atoms with Crippen LogP contribution in [0.15, 0.2) is 36.4 Å². The lowest BCUT2D eigenvalue weighted by atomic mass is 10.0. The minimum absolute atomic E-state index is 0.123. The van der Waals surface area contributed by atoms with E-state index in [1.807, 2.05) is 6.92 Å². The first-order chi connectivity index (χ1) is 9.51. The topological polar surface area (TPSA) is 46.5 Å². The lowest BCUT2D eigenvalue weighted by molar-refractivity contribution is 0.0697. The fourth-order valence-corrected chi connectivity index (χ4v) is 2.37. The summed E-state index contributed by atoms with van der Waals surface area (Å²) < 4.78 is 5.36. The minimum atomic E-state index is -1.03. The molecule has 0 aliphatic carbocycles. The molecule has 0 aliphatic heterocycles. The van der Waals surface area contributed by atoms with Crippen molar-refractivity contribution < 1.29 is 14.6 Å². The molecule has 0 heterocycles. The van der Waals surface area contributed by atoms with Crippen LogP contribution in [0.5, 0.6) is 5.75 Å². The Balaban J connectivity index is 2.48. The number of hydrogen-bond acceptors (Lipinski definition) is 2. The molecule has 2 aromatic carbocycles. The maximum Gasteiger partial charge on any atom is 0.335 e. The summed E-state index contributed by atoms with van der Waals surface area (Å²) in [5, 5.41) is 9.89. The molecule has 0 bridgehead atoms. The fraction of sp³-hybridized carbons (Fsp3) is 0.133. The predicted octanol–water partition coefficient (Wildman–Crippen LogP) is 4.76. The number of carboxylic acids is 1. The molecule has 3 nitrogen and oxygen atoms in total. The van der Waals surface area contributed by atoms with E-state index in [1.165, 1.54) is 12.1 Å². The Morgan fingerprint density at radius 2 is 1.95 bits per heavy atom. The van der Waals surface area contributed by atoms with Gasteiger partial charge >= 0.3 is 5.97 Å². The summed E-state index contributed by atoms with van der Waals surface area (Å²) in [6.07, 6.45) is 0. The summed E-state index contributed by atoms with van der Waals surface area (Å²) in [7, 11) is 0. The van der Waals surface area contributed by atoms with Crippen LogP contribution in [-0.2, 0) is 0 Å². The largest absolute Gasteiger partial charge is 0.494 e. The van der Waals surface area contributed by atoms with Gasteiger partial charge in [-0.2, -0.15) is 0 Å². The molecule has 0 saturated heterocycles. The number of ether oxygens (including phenoxy) is 1. The smallest absolute Gasteiger partial charge is 0.335 e. The monoisotopic (exact) mass is 310 g/mol. The quantitative estimate of drug-likeness (QED) is 0.885. The van der Waals surface area contributed by atoms with Crippen LogP contribution in [0.1, 0.15) is 17.3 Å². The van der Waals surface area contributed by atoms with Gasteiger partial charge < -0.3 is 9.84 Å². The van der Waals surface area contributed by atoms with Gasteiger partial charge in [-0.1, -0.05) is 23.2 Å². The standard InChI is InChI=1S/C15H12Cl2O3/c1-2-20-12-3-4-13(14(17)8-12)9-5-10(15(18)19)7-11(16)6-9/h3-8H,2H2,1H3,(H,18,19). The molecule has 2 rings (SSSR count). The number of aromatic carboxylic acids is 1. The average molecular weight is 311 g/mol. The molecule has 5 heteroatoms. The normalized spacial score (nSPS) is 10.3. The molecule has 20 heavy (non-hydrogen) atoms. The molecular weight excluding hydrogens is 299 g/mol. The van der Waals surface area contributed by atoms with E-state index >= 15 is 0 Å². The summed E-state index contributed by atoms with van der Waals surface area (Å²) in [4.78, 5) is 11.0. The number of halogens is 2. The highest BCUT2D eigenvalue weighted by atomic mass is 35.5. The van der Waals surface area contributed by atoms with Gasteiger partial charge in [0.25, 0.3) is 0 Å². The summed E-state index contributed by atoms with van der Waals surface area (Å²) in [6.45, 7) is 2.44. The Kier molecular flexibility index (Phi) is 4.53. The first-order valence-electron chi connectivity index (χ1n) is 5.98. The van der Waals surface area contributed by atoms with Crippen molar-refractivity contribution in [2.45, 2.75) is 6.92 Å². The van der Waals surface area contributed by atoms with Gasteiger partial charge in [0.1, 0.15) is 5.75 Å². The average Bonchev–Trinajstić information content (AvgIpc) is 2.38. The van der Waals surface area contributed by atoms with Gasteiger partial charge in [-0.15, -0.1) is 0 Å². The molecule has 0 unspecified atom stereocenters. The van der Waals surface area contributed by atoms with Crippen LogP contribution >= 0.6 is 23.2 Å². The molecule has 104 valence electrons. The van der Waals surface area contributed by atoms with Crippen LogP contribution in [0.25, 0.3) is 11.1 Å². The zero-order valence-corrected chi connectivity index (χ0v) is 12.2. The van der Waals surface area contributed by atoms with Crippen LogP contribution in [0.3, 0.4) is 0 Å². The van der Waals surface area contributed by atoms with Gasteiger partial charge in [-0.05, 0) is 48.9 Å². The number of benzene rings is 2. The predicted molar refractivity (Wildman–Crippen MR) is 80.0 cm³/mol. The third-order valence-electron chi connectivity index (χ3n) is 2.71. The Morgan fingerprint density at radius 1 is 1.20 bits per heavy atom. The summed E-state index contributed by atoms with van der Waals surface area (Å²) >= 11 is 12.2. The van der Waals surface area contributed by atoms with Crippen LogP contribution in [0.4, 0.5) is 0 Å². The number of carbonyl (C=O) groups is 1. The molecule has 1 N–H and O–H groups in total. The first kappa shape index (κ1) is 14.7. The molecular formula is C15H12Cl2O3. The van der Waals surface area contributed by atoms with E-state index in [1.54, 1.807) is 24.3 Å². The van der Waals surface area contributed by atoms with Crippen LogP contribution in [-0.4, -0.2) is 17.7 Å². The number of hydrogen-bond donors (Lipinski definition) is 1. The second-order valence-electron chi connectivity index (χ2n) is 4.11. The zero-order chi connectivity index (χ0) is 14.7. The minimum Gasteiger partial charge on any atom is -0.494 e. The third-order valence-corrected chi connectivity index (χ3v) is 3.24. The van der Waals surface area contributed by atoms with Crippen LogP contribution in [0.2, 0.25) is 10.0 Å². The van der Waals surface area contributed by atoms with Crippen molar-refractivity contribution in [3.8, 4) is 16.9 Å². The third kappa shape index (κ3) is 3.24. The molecule has 2 aromatic rings. The van der Waals surface area contributed by atoms with E-state index in [0.29, 0.717) is 33.5 Å². The first-order valence-corrected chi connectivity index (χ1v) is 6.73. The SMILES string of the molecule is CCOc1ccc(-c2cc(Cl)cc(C(=O)O)c2)c(Cl)c1. The van der Waals surface area contributed by atoms with Crippen LogP contribution in [0, 0.1) is 0 Å². The van der Waals surface area contributed by atoms with Crippen molar-refractivity contribution in [3.63, 3.8) is 0 Å². The van der Waals surface area contributed by atoms with Crippen molar-refractivity contribution in [2.75, 3.05) is 6.61 Å². The van der Waals surface area contributed by atoms with Crippen molar-refractivity contribution in [1.29, 1.82) is 0 Å². The highest BCUT2D eigenvalue weighted by Gasteiger charge is 2.10. The molecule has 0 amide bonds. The molecule has 0 aliphatic rings. The Hall–Kier alpha value is -1.71. The second kappa shape index (κ2) is 6.16. The molecule has 0 radical (unpaired) electrons. The lowest BCUT2D eigenvalue weighted by Crippen LogP contribution is -1.97. The zero-order valence-electron chi connectivity index (χ0n) is 10.7. The van der Waals surface area contributed by atoms with Crippen molar-refractivity contribution in [1.82, 2.24) is 0 Å². The van der Waals surface area contributed by atoms with E-state index in [-0.39, 0.29) is 5.56 Å². The second-order valence-corrected chi connectivity index (χ2v) is 4.95. The maximum atomic E-state index is 11.0. The van der Waals surface area contributed by atoms with Gasteiger partial charge in [0.15, 0.2) is 0 Å². The molecule has 0 aromatic heterocycles. The molecule has 0 spiro atoms. The van der Waals surface area contributed by atoms with Gasteiger partial charge in [0.05, 0.1) is 17.2 Å². The van der Waals surface area contributed by atoms with E-state index in [4.69, 9.17) is 33.0 Å². The van der Waals surface area contributed by atoms with E-state index in [2.05, 4.69) is 0 Å². The Morgan fingerprint density at radius 3 is 2.55 bits per heavy atom. The fourth-order valence-electron chi connectivity index (χ4n) is 1.86. The maximum absolute atomic E-state index is 11.0. The summed E-state index contributed by atoms with van der Waals surface area (Å²) in [5.74, 6) is -0.363. The molecule has 0 atom stereocenters. The number of carboxylic acid groups (broad SMARTS) is 1. The van der Waals surface area contributed by atoms with Gasteiger partial charge in [0.2, 0.25) is 0 Å². The summed E-state index contributed by atoms with van der Waals surface area (Å²) in [6, 6.07) is 9.87. The van der Waals surface area contributed by atoms with Crippen molar-refractivity contribution >= 4 is 29.2 Å². The molecule has 0 saturated carbocycles.